The quantitative estimate of drug-likeness (QED) is 0.858. The molecule has 1 fully saturated rings. The fourth-order valence-electron chi connectivity index (χ4n) is 2.27. The van der Waals surface area contributed by atoms with Crippen LogP contribution in [0.4, 0.5) is 0 Å². The average molecular weight is 262 g/mol. The molecule has 1 aliphatic rings. The van der Waals surface area contributed by atoms with Gasteiger partial charge in [0.05, 0.1) is 5.56 Å². The van der Waals surface area contributed by atoms with Crippen LogP contribution in [0.15, 0.2) is 18.3 Å². The highest BCUT2D eigenvalue weighted by Gasteiger charge is 2.21. The number of nitrogens with zero attached hydrogens (tertiary/aromatic N) is 3. The molecule has 2 rings (SSSR count). The molecule has 0 spiro atoms. The molecule has 104 valence electrons. The molecule has 19 heavy (non-hydrogen) atoms. The van der Waals surface area contributed by atoms with Gasteiger partial charge in [0.15, 0.2) is 0 Å². The number of hydrogen-bond acceptors (Lipinski definition) is 4. The second-order valence-electron chi connectivity index (χ2n) is 4.96. The van der Waals surface area contributed by atoms with Gasteiger partial charge in [-0.05, 0) is 38.6 Å². The molecule has 1 aromatic heterocycles. The Balaban J connectivity index is 1.87. The van der Waals surface area contributed by atoms with E-state index < -0.39 is 0 Å². The fraction of sp³-hybridized carbons (Fsp3) is 0.571. The van der Waals surface area contributed by atoms with Gasteiger partial charge < -0.3 is 10.6 Å². The van der Waals surface area contributed by atoms with E-state index in [-0.39, 0.29) is 5.91 Å². The number of aryl methyl sites for hydroxylation is 1. The van der Waals surface area contributed by atoms with Crippen LogP contribution >= 0.6 is 0 Å². The van der Waals surface area contributed by atoms with Crippen LogP contribution in [0, 0.1) is 6.92 Å². The monoisotopic (exact) mass is 262 g/mol. The summed E-state index contributed by atoms with van der Waals surface area (Å²) in [5.74, 6) is 0.0889. The van der Waals surface area contributed by atoms with Crippen LogP contribution in [0.1, 0.15) is 22.5 Å². The topological polar surface area (TPSA) is 62.5 Å². The zero-order valence-corrected chi connectivity index (χ0v) is 11.5. The number of rotatable bonds is 4. The van der Waals surface area contributed by atoms with Crippen LogP contribution in [-0.2, 0) is 0 Å². The molecule has 2 heterocycles. The number of hydrogen-bond donors (Lipinski definition) is 1. The van der Waals surface area contributed by atoms with Gasteiger partial charge in [0.25, 0.3) is 5.91 Å². The first-order valence-electron chi connectivity index (χ1n) is 6.85. The summed E-state index contributed by atoms with van der Waals surface area (Å²) >= 11 is 0. The minimum Gasteiger partial charge on any atom is -0.336 e. The normalized spacial score (nSPS) is 16.6. The highest BCUT2D eigenvalue weighted by Crippen LogP contribution is 2.08. The molecular formula is C14H22N4O. The molecule has 0 aliphatic carbocycles. The molecule has 5 heteroatoms. The number of carbonyl (C=O) groups excluding carboxylic acids is 1. The highest BCUT2D eigenvalue weighted by molar-refractivity contribution is 5.94. The van der Waals surface area contributed by atoms with Gasteiger partial charge in [-0.25, -0.2) is 0 Å². The zero-order valence-electron chi connectivity index (χ0n) is 11.5. The zero-order chi connectivity index (χ0) is 13.7. The van der Waals surface area contributed by atoms with Crippen molar-refractivity contribution in [1.29, 1.82) is 0 Å². The Hall–Kier alpha value is -1.46. The molecule has 0 saturated carbocycles. The number of nitrogens with two attached hydrogens (primary N) is 1. The van der Waals surface area contributed by atoms with Crippen molar-refractivity contribution in [2.24, 2.45) is 5.73 Å². The lowest BCUT2D eigenvalue weighted by molar-refractivity contribution is 0.0636. The molecule has 0 unspecified atom stereocenters. The van der Waals surface area contributed by atoms with E-state index in [0.717, 1.165) is 51.4 Å². The Bertz CT molecular complexity index is 410. The molecule has 0 radical (unpaired) electrons. The molecule has 1 aliphatic heterocycles. The Morgan fingerprint density at radius 3 is 2.63 bits per heavy atom. The van der Waals surface area contributed by atoms with Crippen molar-refractivity contribution < 1.29 is 4.79 Å². The Labute approximate surface area is 114 Å². The first kappa shape index (κ1) is 14.0. The van der Waals surface area contributed by atoms with Gasteiger partial charge in [-0.15, -0.1) is 0 Å². The van der Waals surface area contributed by atoms with E-state index in [0.29, 0.717) is 5.56 Å². The third-order valence-electron chi connectivity index (χ3n) is 3.50. The van der Waals surface area contributed by atoms with Crippen LogP contribution < -0.4 is 5.73 Å². The van der Waals surface area contributed by atoms with Crippen molar-refractivity contribution in [3.63, 3.8) is 0 Å². The number of pyridine rings is 1. The lowest BCUT2D eigenvalue weighted by Crippen LogP contribution is -2.49. The summed E-state index contributed by atoms with van der Waals surface area (Å²) in [4.78, 5) is 20.7. The highest BCUT2D eigenvalue weighted by atomic mass is 16.2. The van der Waals surface area contributed by atoms with Gasteiger partial charge in [-0.3, -0.25) is 14.7 Å². The van der Waals surface area contributed by atoms with Gasteiger partial charge in [-0.1, -0.05) is 0 Å². The summed E-state index contributed by atoms with van der Waals surface area (Å²) < 4.78 is 0. The first-order chi connectivity index (χ1) is 9.20. The fourth-order valence-corrected chi connectivity index (χ4v) is 2.27. The summed E-state index contributed by atoms with van der Waals surface area (Å²) in [7, 11) is 0. The predicted octanol–water partition coefficient (Wildman–Crippen LogP) is 0.497. The maximum absolute atomic E-state index is 12.3. The number of amides is 1. The summed E-state index contributed by atoms with van der Waals surface area (Å²) in [6, 6.07) is 3.73. The molecule has 1 saturated heterocycles. The Kier molecular flexibility index (Phi) is 4.87. The van der Waals surface area contributed by atoms with Gasteiger partial charge in [0.2, 0.25) is 0 Å². The van der Waals surface area contributed by atoms with E-state index in [1.807, 2.05) is 24.0 Å². The summed E-state index contributed by atoms with van der Waals surface area (Å²) in [5, 5.41) is 0. The Morgan fingerprint density at radius 2 is 2.05 bits per heavy atom. The van der Waals surface area contributed by atoms with E-state index in [2.05, 4.69) is 9.88 Å². The molecule has 0 aromatic carbocycles. The van der Waals surface area contributed by atoms with Gasteiger partial charge in [-0.2, -0.15) is 0 Å². The third kappa shape index (κ3) is 3.75. The van der Waals surface area contributed by atoms with E-state index in [4.69, 9.17) is 5.73 Å². The maximum Gasteiger partial charge on any atom is 0.255 e. The second kappa shape index (κ2) is 6.63. The lowest BCUT2D eigenvalue weighted by Gasteiger charge is -2.34. The van der Waals surface area contributed by atoms with E-state index >= 15 is 0 Å². The molecular weight excluding hydrogens is 240 g/mol. The standard InChI is InChI=1S/C14H22N4O/c1-12-3-4-13(11-16-12)14(19)18-9-7-17(8-10-18)6-2-5-15/h3-4,11H,2,5-10,15H2,1H3. The first-order valence-corrected chi connectivity index (χ1v) is 6.85. The molecule has 2 N–H and O–H groups in total. The third-order valence-corrected chi connectivity index (χ3v) is 3.50. The minimum absolute atomic E-state index is 0.0889. The van der Waals surface area contributed by atoms with Crippen LogP contribution in [-0.4, -0.2) is 60.0 Å². The largest absolute Gasteiger partial charge is 0.336 e. The molecule has 0 bridgehead atoms. The van der Waals surface area contributed by atoms with Gasteiger partial charge >= 0.3 is 0 Å². The van der Waals surface area contributed by atoms with Crippen molar-refractivity contribution in [2.45, 2.75) is 13.3 Å². The number of carbonyl (C=O) groups is 1. The minimum atomic E-state index is 0.0889. The van der Waals surface area contributed by atoms with Gasteiger partial charge in [0.1, 0.15) is 0 Å². The number of piperazine rings is 1. The van der Waals surface area contributed by atoms with Gasteiger partial charge in [0, 0.05) is 38.1 Å². The van der Waals surface area contributed by atoms with Crippen LogP contribution in [0.2, 0.25) is 0 Å². The number of aromatic nitrogens is 1. The van der Waals surface area contributed by atoms with Crippen LogP contribution in [0.25, 0.3) is 0 Å². The predicted molar refractivity (Wildman–Crippen MR) is 75.0 cm³/mol. The summed E-state index contributed by atoms with van der Waals surface area (Å²) in [5.41, 5.74) is 7.13. The van der Waals surface area contributed by atoms with E-state index in [9.17, 15) is 4.79 Å². The molecule has 0 atom stereocenters. The van der Waals surface area contributed by atoms with Crippen LogP contribution in [0.3, 0.4) is 0 Å². The molecule has 5 nitrogen and oxygen atoms in total. The van der Waals surface area contributed by atoms with Crippen molar-refractivity contribution >= 4 is 5.91 Å². The van der Waals surface area contributed by atoms with Crippen molar-refractivity contribution in [2.75, 3.05) is 39.3 Å². The van der Waals surface area contributed by atoms with Crippen LogP contribution in [0.5, 0.6) is 0 Å². The summed E-state index contributed by atoms with van der Waals surface area (Å²) in [6.07, 6.45) is 2.69. The van der Waals surface area contributed by atoms with E-state index in [1.165, 1.54) is 0 Å². The summed E-state index contributed by atoms with van der Waals surface area (Å²) in [6.45, 7) is 7.13. The maximum atomic E-state index is 12.3. The molecule has 1 aromatic rings. The average Bonchev–Trinajstić information content (AvgIpc) is 2.46. The van der Waals surface area contributed by atoms with E-state index in [1.54, 1.807) is 6.20 Å². The second-order valence-corrected chi connectivity index (χ2v) is 4.96. The molecule has 1 amide bonds. The SMILES string of the molecule is Cc1ccc(C(=O)N2CCN(CCCN)CC2)cn1. The smallest absolute Gasteiger partial charge is 0.255 e. The van der Waals surface area contributed by atoms with Crippen molar-refractivity contribution in [1.82, 2.24) is 14.8 Å². The van der Waals surface area contributed by atoms with Crippen molar-refractivity contribution in [3.8, 4) is 0 Å². The van der Waals surface area contributed by atoms with Crippen molar-refractivity contribution in [3.05, 3.63) is 29.6 Å². The Morgan fingerprint density at radius 1 is 1.32 bits per heavy atom. The lowest BCUT2D eigenvalue weighted by atomic mass is 10.2.